The lowest BCUT2D eigenvalue weighted by Crippen LogP contribution is -2.44. The third-order valence-corrected chi connectivity index (χ3v) is 5.65. The Morgan fingerprint density at radius 2 is 2.00 bits per heavy atom. The lowest BCUT2D eigenvalue weighted by Gasteiger charge is -2.27. The molecule has 0 radical (unpaired) electrons. The molecule has 0 saturated carbocycles. The van der Waals surface area contributed by atoms with Crippen LogP contribution in [-0.4, -0.2) is 23.6 Å². The number of amides is 3. The Morgan fingerprint density at radius 3 is 2.76 bits per heavy atom. The second-order valence-corrected chi connectivity index (χ2v) is 7.80. The van der Waals surface area contributed by atoms with E-state index in [0.29, 0.717) is 29.4 Å². The Morgan fingerprint density at radius 1 is 1.21 bits per heavy atom. The highest BCUT2D eigenvalue weighted by Crippen LogP contribution is 2.37. The zero-order chi connectivity index (χ0) is 20.4. The molecule has 0 aliphatic carbocycles. The minimum Gasteiger partial charge on any atom is -0.467 e. The van der Waals surface area contributed by atoms with E-state index in [9.17, 15) is 9.59 Å². The number of nitrogens with zero attached hydrogens (tertiary/aromatic N) is 1. The second kappa shape index (κ2) is 8.05. The molecule has 1 atom stereocenters. The first-order chi connectivity index (χ1) is 14.0. The molecule has 2 aromatic carbocycles. The average molecular weight is 415 g/mol. The van der Waals surface area contributed by atoms with Crippen LogP contribution in [0.5, 0.6) is 5.75 Å². The van der Waals surface area contributed by atoms with Gasteiger partial charge < -0.3 is 14.8 Å². The van der Waals surface area contributed by atoms with Gasteiger partial charge in [0.25, 0.3) is 5.91 Å². The molecule has 3 amide bonds. The molecule has 29 heavy (non-hydrogen) atoms. The summed E-state index contributed by atoms with van der Waals surface area (Å²) in [5.74, 6) is 0.384. The van der Waals surface area contributed by atoms with E-state index >= 15 is 0 Å². The Labute approximate surface area is 174 Å². The molecule has 1 saturated heterocycles. The van der Waals surface area contributed by atoms with Gasteiger partial charge in [-0.15, -0.1) is 0 Å². The Hall–Kier alpha value is -2.57. The quantitative estimate of drug-likeness (QED) is 0.714. The molecule has 0 spiro atoms. The number of hydrogen-bond donors (Lipinski definition) is 1. The van der Waals surface area contributed by atoms with E-state index in [1.165, 1.54) is 4.90 Å². The molecule has 6 nitrogen and oxygen atoms in total. The molecular weight excluding hydrogens is 392 g/mol. The summed E-state index contributed by atoms with van der Waals surface area (Å²) in [6.07, 6.45) is 2.29. The highest BCUT2D eigenvalue weighted by Gasteiger charge is 2.51. The van der Waals surface area contributed by atoms with Crippen LogP contribution in [-0.2, 0) is 28.2 Å². The number of hydrogen-bond acceptors (Lipinski definition) is 4. The average Bonchev–Trinajstić information content (AvgIpc) is 2.98. The maximum Gasteiger partial charge on any atom is 0.325 e. The van der Waals surface area contributed by atoms with Crippen molar-refractivity contribution in [2.24, 2.45) is 0 Å². The fourth-order valence-electron chi connectivity index (χ4n) is 3.99. The monoisotopic (exact) mass is 414 g/mol. The molecule has 2 aliphatic rings. The molecule has 4 rings (SSSR count). The number of nitrogens with one attached hydrogen (secondary N) is 1. The van der Waals surface area contributed by atoms with Crippen LogP contribution in [0.1, 0.15) is 42.9 Å². The number of fused-ring (bicyclic) bond motifs is 1. The molecule has 1 unspecified atom stereocenters. The predicted octanol–water partition coefficient (Wildman–Crippen LogP) is 4.34. The number of imide groups is 1. The van der Waals surface area contributed by atoms with Crippen LogP contribution >= 0.6 is 11.6 Å². The van der Waals surface area contributed by atoms with Gasteiger partial charge in [-0.3, -0.25) is 9.69 Å². The van der Waals surface area contributed by atoms with Crippen molar-refractivity contribution in [3.8, 4) is 5.75 Å². The molecule has 1 N–H and O–H groups in total. The summed E-state index contributed by atoms with van der Waals surface area (Å²) in [5.41, 5.74) is 1.26. The van der Waals surface area contributed by atoms with Crippen LogP contribution in [0.25, 0.3) is 0 Å². The molecular formula is C22H23ClN2O4. The van der Waals surface area contributed by atoms with E-state index in [1.807, 2.05) is 30.3 Å². The zero-order valence-corrected chi connectivity index (χ0v) is 17.0. The second-order valence-electron chi connectivity index (χ2n) is 7.36. The van der Waals surface area contributed by atoms with Gasteiger partial charge in [0.1, 0.15) is 11.3 Å². The predicted molar refractivity (Wildman–Crippen MR) is 108 cm³/mol. The molecule has 0 aromatic heterocycles. The number of ether oxygens (including phenoxy) is 2. The fourth-order valence-corrected chi connectivity index (χ4v) is 4.25. The summed E-state index contributed by atoms with van der Waals surface area (Å²) in [6.45, 7) is 2.67. The number of urea groups is 1. The topological polar surface area (TPSA) is 67.9 Å². The van der Waals surface area contributed by atoms with Crippen LogP contribution in [0, 0.1) is 0 Å². The zero-order valence-electron chi connectivity index (χ0n) is 16.2. The minimum absolute atomic E-state index is 0.0915. The van der Waals surface area contributed by atoms with E-state index in [0.717, 1.165) is 24.0 Å². The third kappa shape index (κ3) is 3.58. The molecule has 7 heteroatoms. The maximum absolute atomic E-state index is 13.5. The fraction of sp³-hybridized carbons (Fsp3) is 0.364. The first-order valence-electron chi connectivity index (χ1n) is 9.76. The molecule has 0 bridgehead atoms. The van der Waals surface area contributed by atoms with E-state index in [-0.39, 0.29) is 19.2 Å². The van der Waals surface area contributed by atoms with Crippen molar-refractivity contribution in [3.05, 3.63) is 64.2 Å². The largest absolute Gasteiger partial charge is 0.467 e. The number of rotatable bonds is 6. The Balaban J connectivity index is 1.69. The Kier molecular flexibility index (Phi) is 5.48. The first-order valence-corrected chi connectivity index (χ1v) is 10.1. The number of unbranched alkanes of at least 4 members (excludes halogenated alkanes) is 1. The molecule has 2 aliphatic heterocycles. The van der Waals surface area contributed by atoms with Crippen molar-refractivity contribution in [2.75, 3.05) is 6.79 Å². The summed E-state index contributed by atoms with van der Waals surface area (Å²) in [5, 5.41) is 3.49. The van der Waals surface area contributed by atoms with E-state index < -0.39 is 11.6 Å². The van der Waals surface area contributed by atoms with Crippen molar-refractivity contribution >= 4 is 23.5 Å². The number of carbonyl (C=O) groups excluding carboxylic acids is 2. The van der Waals surface area contributed by atoms with Crippen LogP contribution in [0.3, 0.4) is 0 Å². The van der Waals surface area contributed by atoms with Gasteiger partial charge in [0.05, 0.1) is 13.2 Å². The van der Waals surface area contributed by atoms with Crippen LogP contribution in [0.4, 0.5) is 4.79 Å². The SMILES string of the molecule is CCCCC1(c2ccccc2)NC(=O)N(Cc2cc(Cl)cc3c2OCOC3)C1=O. The molecule has 2 aromatic rings. The molecule has 152 valence electrons. The minimum atomic E-state index is -1.04. The number of halogens is 1. The van der Waals surface area contributed by atoms with Crippen molar-refractivity contribution in [1.29, 1.82) is 0 Å². The lowest BCUT2D eigenvalue weighted by atomic mass is 9.85. The smallest absolute Gasteiger partial charge is 0.325 e. The molecule has 2 heterocycles. The molecule has 1 fully saturated rings. The highest BCUT2D eigenvalue weighted by molar-refractivity contribution is 6.30. The first kappa shape index (κ1) is 19.7. The van der Waals surface area contributed by atoms with Crippen molar-refractivity contribution in [3.63, 3.8) is 0 Å². The normalized spacial score (nSPS) is 21.0. The third-order valence-electron chi connectivity index (χ3n) is 5.43. The van der Waals surface area contributed by atoms with Crippen molar-refractivity contribution in [2.45, 2.75) is 44.9 Å². The van der Waals surface area contributed by atoms with E-state index in [4.69, 9.17) is 21.1 Å². The highest BCUT2D eigenvalue weighted by atomic mass is 35.5. The standard InChI is InChI=1S/C22H23ClN2O4/c1-2-3-9-22(17-7-5-4-6-8-17)20(26)25(21(27)24-22)12-15-10-18(23)11-16-13-28-14-29-19(15)16/h4-8,10-11H,2-3,9,12-14H2,1H3,(H,24,27). The van der Waals surface area contributed by atoms with Gasteiger partial charge >= 0.3 is 6.03 Å². The van der Waals surface area contributed by atoms with Gasteiger partial charge in [0.2, 0.25) is 0 Å². The van der Waals surface area contributed by atoms with Gasteiger partial charge in [-0.1, -0.05) is 61.7 Å². The van der Waals surface area contributed by atoms with Gasteiger partial charge in [-0.05, 0) is 24.1 Å². The van der Waals surface area contributed by atoms with Crippen molar-refractivity contribution in [1.82, 2.24) is 10.2 Å². The van der Waals surface area contributed by atoms with Crippen LogP contribution in [0.2, 0.25) is 5.02 Å². The summed E-state index contributed by atoms with van der Waals surface area (Å²) < 4.78 is 11.0. The summed E-state index contributed by atoms with van der Waals surface area (Å²) in [7, 11) is 0. The van der Waals surface area contributed by atoms with Crippen LogP contribution in [0.15, 0.2) is 42.5 Å². The number of carbonyl (C=O) groups is 2. The van der Waals surface area contributed by atoms with Crippen molar-refractivity contribution < 1.29 is 19.1 Å². The van der Waals surface area contributed by atoms with Gasteiger partial charge in [0, 0.05) is 16.1 Å². The van der Waals surface area contributed by atoms with Gasteiger partial charge in [0.15, 0.2) is 6.79 Å². The summed E-state index contributed by atoms with van der Waals surface area (Å²) in [6, 6.07) is 12.5. The van der Waals surface area contributed by atoms with E-state index in [2.05, 4.69) is 12.2 Å². The van der Waals surface area contributed by atoms with Gasteiger partial charge in [-0.2, -0.15) is 0 Å². The summed E-state index contributed by atoms with van der Waals surface area (Å²) >= 11 is 6.25. The van der Waals surface area contributed by atoms with Gasteiger partial charge in [-0.25, -0.2) is 4.79 Å². The Bertz CT molecular complexity index is 934. The van der Waals surface area contributed by atoms with Crippen LogP contribution < -0.4 is 10.1 Å². The number of benzene rings is 2. The van der Waals surface area contributed by atoms with E-state index in [1.54, 1.807) is 12.1 Å². The summed E-state index contributed by atoms with van der Waals surface area (Å²) in [4.78, 5) is 27.7. The lowest BCUT2D eigenvalue weighted by molar-refractivity contribution is -0.132. The maximum atomic E-state index is 13.5.